The van der Waals surface area contributed by atoms with Crippen molar-refractivity contribution in [2.75, 3.05) is 6.54 Å². The highest BCUT2D eigenvalue weighted by Crippen LogP contribution is 2.26. The van der Waals surface area contributed by atoms with Gasteiger partial charge < -0.3 is 14.8 Å². The van der Waals surface area contributed by atoms with Crippen LogP contribution in [0.1, 0.15) is 38.4 Å². The van der Waals surface area contributed by atoms with Gasteiger partial charge in [0.15, 0.2) is 0 Å². The summed E-state index contributed by atoms with van der Waals surface area (Å²) in [4.78, 5) is 32.2. The van der Waals surface area contributed by atoms with Crippen molar-refractivity contribution < 1.29 is 9.59 Å². The molecule has 0 atom stereocenters. The van der Waals surface area contributed by atoms with E-state index in [1.165, 1.54) is 5.56 Å². The summed E-state index contributed by atoms with van der Waals surface area (Å²) in [6.07, 6.45) is 3.02. The quantitative estimate of drug-likeness (QED) is 0.492. The number of nitrogens with zero attached hydrogens (tertiary/aromatic N) is 3. The first-order valence-electron chi connectivity index (χ1n) is 11.1. The van der Waals surface area contributed by atoms with Gasteiger partial charge in [0.05, 0.1) is 6.42 Å². The maximum atomic E-state index is 13.3. The lowest BCUT2D eigenvalue weighted by molar-refractivity contribution is -0.120. The SMILES string of the molecule is Cc1ncc2c(c1CNC(=O)Cc1ccsc1)CCN(C(=O)c1cc3ccccc3n1C)C2. The maximum absolute atomic E-state index is 13.3. The van der Waals surface area contributed by atoms with Crippen molar-refractivity contribution in [2.45, 2.75) is 32.9 Å². The topological polar surface area (TPSA) is 67.2 Å². The van der Waals surface area contributed by atoms with E-state index < -0.39 is 0 Å². The van der Waals surface area contributed by atoms with E-state index in [1.807, 2.05) is 76.8 Å². The number of carbonyl (C=O) groups excluding carboxylic acids is 2. The van der Waals surface area contributed by atoms with Crippen LogP contribution in [0.4, 0.5) is 0 Å². The van der Waals surface area contributed by atoms with E-state index in [4.69, 9.17) is 0 Å². The Morgan fingerprint density at radius 2 is 2.06 bits per heavy atom. The Labute approximate surface area is 196 Å². The summed E-state index contributed by atoms with van der Waals surface area (Å²) in [7, 11) is 1.94. The minimum Gasteiger partial charge on any atom is -0.352 e. The largest absolute Gasteiger partial charge is 0.352 e. The van der Waals surface area contributed by atoms with Gasteiger partial charge in [0.1, 0.15) is 5.69 Å². The molecule has 4 heterocycles. The molecule has 5 rings (SSSR count). The number of aryl methyl sites for hydroxylation is 2. The number of benzene rings is 1. The molecule has 0 radical (unpaired) electrons. The third-order valence-corrected chi connectivity index (χ3v) is 7.19. The normalized spacial score (nSPS) is 13.2. The van der Waals surface area contributed by atoms with Gasteiger partial charge in [-0.3, -0.25) is 14.6 Å². The van der Waals surface area contributed by atoms with Crippen molar-refractivity contribution in [3.63, 3.8) is 0 Å². The number of nitrogens with one attached hydrogen (secondary N) is 1. The highest BCUT2D eigenvalue weighted by molar-refractivity contribution is 7.08. The fourth-order valence-electron chi connectivity index (χ4n) is 4.61. The van der Waals surface area contributed by atoms with Crippen LogP contribution in [-0.2, 0) is 37.8 Å². The van der Waals surface area contributed by atoms with Crippen molar-refractivity contribution in [1.29, 1.82) is 0 Å². The Hall–Kier alpha value is -3.45. The van der Waals surface area contributed by atoms with Gasteiger partial charge >= 0.3 is 0 Å². The molecule has 1 aliphatic heterocycles. The van der Waals surface area contributed by atoms with Crippen LogP contribution >= 0.6 is 11.3 Å². The number of amides is 2. The second-order valence-electron chi connectivity index (χ2n) is 8.54. The molecule has 0 bridgehead atoms. The van der Waals surface area contributed by atoms with E-state index in [0.717, 1.165) is 39.7 Å². The third-order valence-electron chi connectivity index (χ3n) is 6.46. The fourth-order valence-corrected chi connectivity index (χ4v) is 5.28. The van der Waals surface area contributed by atoms with Gasteiger partial charge in [0, 0.05) is 49.5 Å². The summed E-state index contributed by atoms with van der Waals surface area (Å²) in [5, 5.41) is 8.10. The van der Waals surface area contributed by atoms with Crippen molar-refractivity contribution in [1.82, 2.24) is 19.8 Å². The molecule has 168 valence electrons. The Kier molecular flexibility index (Phi) is 5.72. The standard InChI is InChI=1S/C26H26N4O2S/c1-17-22(14-28-25(31)11-18-8-10-33-16-18)21-7-9-30(15-20(21)13-27-17)26(32)24-12-19-5-3-4-6-23(19)29(24)2/h3-6,8,10,12-13,16H,7,9,11,14-15H2,1-2H3,(H,28,31). The van der Waals surface area contributed by atoms with Gasteiger partial charge in [0.25, 0.3) is 5.91 Å². The first-order chi connectivity index (χ1) is 16.0. The Balaban J connectivity index is 1.32. The number of carbonyl (C=O) groups is 2. The molecule has 0 spiro atoms. The van der Waals surface area contributed by atoms with Gasteiger partial charge in [-0.05, 0) is 64.6 Å². The lowest BCUT2D eigenvalue weighted by atomic mass is 9.94. The second-order valence-corrected chi connectivity index (χ2v) is 9.32. The van der Waals surface area contributed by atoms with E-state index in [9.17, 15) is 9.59 Å². The van der Waals surface area contributed by atoms with Crippen molar-refractivity contribution in [2.24, 2.45) is 7.05 Å². The molecule has 0 saturated heterocycles. The predicted octanol–water partition coefficient (Wildman–Crippen LogP) is 4.00. The van der Waals surface area contributed by atoms with Crippen LogP contribution in [0, 0.1) is 6.92 Å². The Bertz CT molecular complexity index is 1340. The van der Waals surface area contributed by atoms with Crippen LogP contribution in [0.25, 0.3) is 10.9 Å². The maximum Gasteiger partial charge on any atom is 0.270 e. The van der Waals surface area contributed by atoms with Crippen LogP contribution in [0.5, 0.6) is 0 Å². The summed E-state index contributed by atoms with van der Waals surface area (Å²) in [6, 6.07) is 12.0. The molecule has 0 unspecified atom stereocenters. The minimum atomic E-state index is 0.00814. The molecule has 3 aromatic heterocycles. The molecular formula is C26H26N4O2S. The monoisotopic (exact) mass is 458 g/mol. The highest BCUT2D eigenvalue weighted by Gasteiger charge is 2.26. The lowest BCUT2D eigenvalue weighted by Crippen LogP contribution is -2.38. The van der Waals surface area contributed by atoms with Crippen molar-refractivity contribution >= 4 is 34.1 Å². The van der Waals surface area contributed by atoms with Crippen LogP contribution in [0.2, 0.25) is 0 Å². The second kappa shape index (κ2) is 8.83. The summed E-state index contributed by atoms with van der Waals surface area (Å²) in [5.74, 6) is 0.0410. The van der Waals surface area contributed by atoms with Gasteiger partial charge in [-0.2, -0.15) is 11.3 Å². The number of para-hydroxylation sites is 1. The average Bonchev–Trinajstić information content (AvgIpc) is 3.45. The molecule has 7 heteroatoms. The molecule has 1 aliphatic rings. The van der Waals surface area contributed by atoms with E-state index in [1.54, 1.807) is 11.3 Å². The van der Waals surface area contributed by atoms with Gasteiger partial charge in [-0.25, -0.2) is 0 Å². The molecule has 0 fully saturated rings. The van der Waals surface area contributed by atoms with E-state index in [2.05, 4.69) is 10.3 Å². The number of fused-ring (bicyclic) bond motifs is 2. The number of thiophene rings is 1. The molecule has 0 saturated carbocycles. The number of aromatic nitrogens is 2. The zero-order valence-electron chi connectivity index (χ0n) is 18.8. The first kappa shape index (κ1) is 21.4. The average molecular weight is 459 g/mol. The number of hydrogen-bond donors (Lipinski definition) is 1. The predicted molar refractivity (Wildman–Crippen MR) is 130 cm³/mol. The molecular weight excluding hydrogens is 432 g/mol. The Morgan fingerprint density at radius 1 is 1.21 bits per heavy atom. The molecule has 6 nitrogen and oxygen atoms in total. The van der Waals surface area contributed by atoms with Gasteiger partial charge in [-0.15, -0.1) is 0 Å². The summed E-state index contributed by atoms with van der Waals surface area (Å²) in [5.41, 5.74) is 7.04. The van der Waals surface area contributed by atoms with Crippen LogP contribution in [-0.4, -0.2) is 32.8 Å². The van der Waals surface area contributed by atoms with E-state index >= 15 is 0 Å². The van der Waals surface area contributed by atoms with Gasteiger partial charge in [0.2, 0.25) is 5.91 Å². The summed E-state index contributed by atoms with van der Waals surface area (Å²) in [6.45, 7) is 3.61. The van der Waals surface area contributed by atoms with Crippen LogP contribution < -0.4 is 5.32 Å². The molecule has 2 amide bonds. The van der Waals surface area contributed by atoms with Crippen LogP contribution in [0.3, 0.4) is 0 Å². The van der Waals surface area contributed by atoms with Crippen molar-refractivity contribution in [3.8, 4) is 0 Å². The van der Waals surface area contributed by atoms with E-state index in [0.29, 0.717) is 31.7 Å². The first-order valence-corrected chi connectivity index (χ1v) is 12.0. The number of hydrogen-bond acceptors (Lipinski definition) is 4. The number of rotatable bonds is 5. The highest BCUT2D eigenvalue weighted by atomic mass is 32.1. The van der Waals surface area contributed by atoms with Crippen molar-refractivity contribution in [3.05, 3.63) is 87.0 Å². The van der Waals surface area contributed by atoms with Crippen LogP contribution in [0.15, 0.2) is 53.4 Å². The molecule has 0 aliphatic carbocycles. The zero-order valence-corrected chi connectivity index (χ0v) is 19.6. The zero-order chi connectivity index (χ0) is 22.9. The summed E-state index contributed by atoms with van der Waals surface area (Å²) < 4.78 is 1.97. The summed E-state index contributed by atoms with van der Waals surface area (Å²) >= 11 is 1.60. The minimum absolute atomic E-state index is 0.00814. The third kappa shape index (κ3) is 4.16. The molecule has 33 heavy (non-hydrogen) atoms. The smallest absolute Gasteiger partial charge is 0.270 e. The molecule has 1 aromatic carbocycles. The Morgan fingerprint density at radius 3 is 2.85 bits per heavy atom. The number of pyridine rings is 1. The molecule has 1 N–H and O–H groups in total. The van der Waals surface area contributed by atoms with Gasteiger partial charge in [-0.1, -0.05) is 18.2 Å². The fraction of sp³-hybridized carbons (Fsp3) is 0.269. The lowest BCUT2D eigenvalue weighted by Gasteiger charge is -2.30. The van der Waals surface area contributed by atoms with E-state index in [-0.39, 0.29) is 11.8 Å². The molecule has 4 aromatic rings.